The highest BCUT2D eigenvalue weighted by Crippen LogP contribution is 2.38. The second kappa shape index (κ2) is 8.08. The molecular weight excluding hydrogens is 375 g/mol. The zero-order valence-electron chi connectivity index (χ0n) is 17.5. The lowest BCUT2D eigenvalue weighted by molar-refractivity contribution is -0.135. The number of pyridine rings is 1. The van der Waals surface area contributed by atoms with Gasteiger partial charge in [-0.15, -0.1) is 0 Å². The van der Waals surface area contributed by atoms with Crippen LogP contribution in [0.3, 0.4) is 0 Å². The maximum Gasteiger partial charge on any atom is 0.327 e. The average molecular weight is 404 g/mol. The molecule has 0 radical (unpaired) electrons. The topological polar surface area (TPSA) is 73.8 Å². The van der Waals surface area contributed by atoms with Gasteiger partial charge < -0.3 is 9.80 Å². The zero-order valence-corrected chi connectivity index (χ0v) is 17.5. The highest BCUT2D eigenvalue weighted by atomic mass is 19.1. The molecule has 7 nitrogen and oxygen atoms in total. The van der Waals surface area contributed by atoms with Crippen LogP contribution in [0.15, 0.2) is 18.5 Å². The van der Waals surface area contributed by atoms with Crippen molar-refractivity contribution in [3.05, 3.63) is 29.8 Å². The van der Waals surface area contributed by atoms with Gasteiger partial charge in [0.2, 0.25) is 0 Å². The summed E-state index contributed by atoms with van der Waals surface area (Å²) in [6.45, 7) is 9.56. The highest BCUT2D eigenvalue weighted by Gasteiger charge is 2.58. The summed E-state index contributed by atoms with van der Waals surface area (Å²) < 4.78 is 13.4. The fourth-order valence-corrected chi connectivity index (χ4v) is 4.20. The molecular formula is C21H29FN4O3. The lowest BCUT2D eigenvalue weighted by atomic mass is 9.85. The number of carbonyl (C=O) groups is 3. The molecule has 0 aliphatic carbocycles. The Morgan fingerprint density at radius 1 is 1.10 bits per heavy atom. The van der Waals surface area contributed by atoms with Crippen LogP contribution >= 0.6 is 0 Å². The molecule has 158 valence electrons. The Bertz CT molecular complexity index is 803. The number of imide groups is 1. The summed E-state index contributed by atoms with van der Waals surface area (Å²) >= 11 is 0. The normalized spacial score (nSPS) is 19.2. The van der Waals surface area contributed by atoms with Gasteiger partial charge in [0.15, 0.2) is 0 Å². The summed E-state index contributed by atoms with van der Waals surface area (Å²) in [5.41, 5.74) is -0.706. The monoisotopic (exact) mass is 404 g/mol. The molecule has 2 aliphatic heterocycles. The summed E-state index contributed by atoms with van der Waals surface area (Å²) in [4.78, 5) is 47.5. The van der Waals surface area contributed by atoms with E-state index in [0.717, 1.165) is 6.20 Å². The lowest BCUT2D eigenvalue weighted by Crippen LogP contribution is -2.58. The van der Waals surface area contributed by atoms with E-state index >= 15 is 0 Å². The molecule has 0 N–H and O–H groups in total. The second-order valence-electron chi connectivity index (χ2n) is 8.81. The Hall–Kier alpha value is -2.51. The Morgan fingerprint density at radius 2 is 1.72 bits per heavy atom. The molecule has 29 heavy (non-hydrogen) atoms. The van der Waals surface area contributed by atoms with E-state index in [9.17, 15) is 18.8 Å². The SMILES string of the molecule is CC(C)CN1C(=O)N(CC(C)C)C2(CCN(C(=O)c3cncc(F)c3)CC2)C1=O. The minimum Gasteiger partial charge on any atom is -0.338 e. The number of urea groups is 1. The van der Waals surface area contributed by atoms with Crippen molar-refractivity contribution in [2.24, 2.45) is 11.8 Å². The van der Waals surface area contributed by atoms with Crippen LogP contribution in [0.2, 0.25) is 0 Å². The first-order valence-corrected chi connectivity index (χ1v) is 10.2. The molecule has 4 amide bonds. The molecule has 1 spiro atoms. The van der Waals surface area contributed by atoms with Crippen molar-refractivity contribution in [1.82, 2.24) is 19.7 Å². The van der Waals surface area contributed by atoms with E-state index in [2.05, 4.69) is 4.98 Å². The molecule has 3 heterocycles. The van der Waals surface area contributed by atoms with Crippen LogP contribution in [0.1, 0.15) is 50.9 Å². The van der Waals surface area contributed by atoms with Crippen LogP contribution in [-0.2, 0) is 4.79 Å². The third kappa shape index (κ3) is 3.97. The number of nitrogens with zero attached hydrogens (tertiary/aromatic N) is 4. The summed E-state index contributed by atoms with van der Waals surface area (Å²) in [5.74, 6) is -0.621. The number of hydrogen-bond donors (Lipinski definition) is 0. The molecule has 1 aromatic heterocycles. The summed E-state index contributed by atoms with van der Waals surface area (Å²) in [7, 11) is 0. The van der Waals surface area contributed by atoms with Crippen LogP contribution < -0.4 is 0 Å². The molecule has 2 aliphatic rings. The van der Waals surface area contributed by atoms with E-state index in [0.29, 0.717) is 39.0 Å². The molecule has 2 fully saturated rings. The van der Waals surface area contributed by atoms with Crippen LogP contribution in [-0.4, -0.2) is 69.2 Å². The fourth-order valence-electron chi connectivity index (χ4n) is 4.20. The number of carbonyl (C=O) groups excluding carboxylic acids is 3. The second-order valence-corrected chi connectivity index (χ2v) is 8.81. The number of halogens is 1. The standard InChI is InChI=1S/C21H29FN4O3/c1-14(2)12-25-19(28)21(26(20(25)29)13-15(3)4)5-7-24(8-6-21)18(27)16-9-17(22)11-23-10-16/h9-11,14-15H,5-8,12-13H2,1-4H3. The fraction of sp³-hybridized carbons (Fsp3) is 0.619. The summed E-state index contributed by atoms with van der Waals surface area (Å²) in [5, 5.41) is 0. The van der Waals surface area contributed by atoms with Gasteiger partial charge in [-0.3, -0.25) is 19.5 Å². The first kappa shape index (κ1) is 21.2. The van der Waals surface area contributed by atoms with E-state index in [-0.39, 0.29) is 35.2 Å². The minimum atomic E-state index is -0.896. The number of hydrogen-bond acceptors (Lipinski definition) is 4. The zero-order chi connectivity index (χ0) is 21.3. The Balaban J connectivity index is 1.81. The number of rotatable bonds is 5. The highest BCUT2D eigenvalue weighted by molar-refractivity contribution is 6.07. The van der Waals surface area contributed by atoms with Gasteiger partial charge in [0.25, 0.3) is 11.8 Å². The maximum atomic E-state index is 13.4. The third-order valence-electron chi connectivity index (χ3n) is 5.55. The smallest absolute Gasteiger partial charge is 0.327 e. The molecule has 3 rings (SSSR count). The summed E-state index contributed by atoms with van der Waals surface area (Å²) in [6, 6.07) is 0.936. The van der Waals surface area contributed by atoms with Crippen molar-refractivity contribution in [2.75, 3.05) is 26.2 Å². The van der Waals surface area contributed by atoms with E-state index in [4.69, 9.17) is 0 Å². The van der Waals surface area contributed by atoms with Crippen molar-refractivity contribution >= 4 is 17.8 Å². The average Bonchev–Trinajstić information content (AvgIpc) is 2.84. The number of amides is 4. The van der Waals surface area contributed by atoms with E-state index in [1.54, 1.807) is 9.80 Å². The van der Waals surface area contributed by atoms with Crippen LogP contribution in [0, 0.1) is 17.7 Å². The Kier molecular flexibility index (Phi) is 5.91. The first-order valence-electron chi connectivity index (χ1n) is 10.2. The van der Waals surface area contributed by atoms with Gasteiger partial charge in [0.05, 0.1) is 11.8 Å². The molecule has 0 bridgehead atoms. The number of likely N-dealkylation sites (tertiary alicyclic amines) is 1. The van der Waals surface area contributed by atoms with Gasteiger partial charge in [0, 0.05) is 32.4 Å². The van der Waals surface area contributed by atoms with Crippen molar-refractivity contribution in [1.29, 1.82) is 0 Å². The quantitative estimate of drug-likeness (QED) is 0.708. The van der Waals surface area contributed by atoms with E-state index in [1.165, 1.54) is 17.2 Å². The Labute approximate surface area is 170 Å². The van der Waals surface area contributed by atoms with Crippen molar-refractivity contribution < 1.29 is 18.8 Å². The van der Waals surface area contributed by atoms with Crippen molar-refractivity contribution in [3.63, 3.8) is 0 Å². The predicted octanol–water partition coefficient (Wildman–Crippen LogP) is 2.77. The predicted molar refractivity (Wildman–Crippen MR) is 106 cm³/mol. The molecule has 0 unspecified atom stereocenters. The largest absolute Gasteiger partial charge is 0.338 e. The number of aromatic nitrogens is 1. The molecule has 0 atom stereocenters. The molecule has 0 aromatic carbocycles. The first-order chi connectivity index (χ1) is 13.7. The van der Waals surface area contributed by atoms with Crippen LogP contribution in [0.4, 0.5) is 9.18 Å². The van der Waals surface area contributed by atoms with Gasteiger partial charge in [0.1, 0.15) is 11.4 Å². The Morgan fingerprint density at radius 3 is 2.28 bits per heavy atom. The van der Waals surface area contributed by atoms with E-state index in [1.807, 2.05) is 27.7 Å². The van der Waals surface area contributed by atoms with Crippen molar-refractivity contribution in [3.8, 4) is 0 Å². The maximum absolute atomic E-state index is 13.4. The minimum absolute atomic E-state index is 0.156. The van der Waals surface area contributed by atoms with Gasteiger partial charge in [-0.1, -0.05) is 27.7 Å². The molecule has 8 heteroatoms. The van der Waals surface area contributed by atoms with Crippen LogP contribution in [0.25, 0.3) is 0 Å². The van der Waals surface area contributed by atoms with Crippen LogP contribution in [0.5, 0.6) is 0 Å². The van der Waals surface area contributed by atoms with E-state index < -0.39 is 11.4 Å². The third-order valence-corrected chi connectivity index (χ3v) is 5.55. The van der Waals surface area contributed by atoms with Gasteiger partial charge in [-0.25, -0.2) is 9.18 Å². The van der Waals surface area contributed by atoms with Gasteiger partial charge in [-0.05, 0) is 30.7 Å². The molecule has 1 aromatic rings. The lowest BCUT2D eigenvalue weighted by Gasteiger charge is -2.42. The molecule has 0 saturated carbocycles. The van der Waals surface area contributed by atoms with Gasteiger partial charge >= 0.3 is 6.03 Å². The van der Waals surface area contributed by atoms with Crippen molar-refractivity contribution in [2.45, 2.75) is 46.1 Å². The van der Waals surface area contributed by atoms with Gasteiger partial charge in [-0.2, -0.15) is 0 Å². The molecule has 2 saturated heterocycles. The number of piperidine rings is 1. The summed E-state index contributed by atoms with van der Waals surface area (Å²) in [6.07, 6.45) is 3.16.